The summed E-state index contributed by atoms with van der Waals surface area (Å²) >= 11 is 1.68. The molecule has 4 heteroatoms. The first kappa shape index (κ1) is 11.1. The van der Waals surface area contributed by atoms with Crippen LogP contribution in [0.25, 0.3) is 10.1 Å². The fourth-order valence-corrected chi connectivity index (χ4v) is 2.57. The molecule has 0 atom stereocenters. The fourth-order valence-electron chi connectivity index (χ4n) is 1.53. The molecule has 0 saturated heterocycles. The predicted octanol–water partition coefficient (Wildman–Crippen LogP) is 2.57. The van der Waals surface area contributed by atoms with E-state index in [-0.39, 0.29) is 0 Å². The Morgan fingerprint density at radius 3 is 2.94 bits per heavy atom. The van der Waals surface area contributed by atoms with E-state index in [1.54, 1.807) is 23.5 Å². The molecule has 0 aliphatic heterocycles. The number of ether oxygens (including phenoxy) is 1. The Morgan fingerprint density at radius 1 is 1.44 bits per heavy atom. The number of aliphatic hydroxyl groups is 1. The van der Waals surface area contributed by atoms with Crippen LogP contribution in [0.5, 0.6) is 0 Å². The average molecular weight is 236 g/mol. The van der Waals surface area contributed by atoms with Crippen molar-refractivity contribution in [2.24, 2.45) is 0 Å². The van der Waals surface area contributed by atoms with Gasteiger partial charge in [0.25, 0.3) is 0 Å². The Labute approximate surface area is 97.3 Å². The quantitative estimate of drug-likeness (QED) is 0.658. The molecule has 0 fully saturated rings. The van der Waals surface area contributed by atoms with Crippen LogP contribution in [0.15, 0.2) is 24.3 Å². The number of aliphatic hydroxyl groups excluding tert-OH is 1. The van der Waals surface area contributed by atoms with Crippen molar-refractivity contribution in [3.05, 3.63) is 34.7 Å². The number of aryl methyl sites for hydroxylation is 1. The van der Waals surface area contributed by atoms with Gasteiger partial charge in [0.05, 0.1) is 5.56 Å². The molecule has 0 aliphatic carbocycles. The zero-order valence-electron chi connectivity index (χ0n) is 8.90. The Hall–Kier alpha value is -1.39. The molecule has 0 bridgehead atoms. The Bertz CT molecular complexity index is 516. The summed E-state index contributed by atoms with van der Waals surface area (Å²) in [4.78, 5) is 12.7. The van der Waals surface area contributed by atoms with Crippen LogP contribution in [-0.4, -0.2) is 17.9 Å². The van der Waals surface area contributed by atoms with Gasteiger partial charge in [-0.15, -0.1) is 11.3 Å². The highest BCUT2D eigenvalue weighted by molar-refractivity contribution is 7.19. The summed E-state index contributed by atoms with van der Waals surface area (Å²) in [6.45, 7) is 1.52. The third-order valence-corrected chi connectivity index (χ3v) is 3.59. The number of benzene rings is 1. The maximum Gasteiger partial charge on any atom is 0.340 e. The van der Waals surface area contributed by atoms with Crippen LogP contribution in [0.3, 0.4) is 0 Å². The number of carbonyl (C=O) groups excluding carboxylic acids is 1. The monoisotopic (exact) mass is 236 g/mol. The smallest absolute Gasteiger partial charge is 0.340 e. The molecule has 84 valence electrons. The minimum atomic E-state index is -0.582. The van der Waals surface area contributed by atoms with Gasteiger partial charge in [0.1, 0.15) is 0 Å². The number of hydrogen-bond acceptors (Lipinski definition) is 4. The molecule has 0 aliphatic rings. The summed E-state index contributed by atoms with van der Waals surface area (Å²) in [6, 6.07) is 7.55. The van der Waals surface area contributed by atoms with Crippen LogP contribution < -0.4 is 0 Å². The molecular formula is C12H12O3S. The highest BCUT2D eigenvalue weighted by Crippen LogP contribution is 2.27. The lowest BCUT2D eigenvalue weighted by Crippen LogP contribution is -2.05. The van der Waals surface area contributed by atoms with Crippen LogP contribution in [0.2, 0.25) is 0 Å². The van der Waals surface area contributed by atoms with E-state index in [2.05, 4.69) is 17.7 Å². The number of rotatable bonds is 3. The van der Waals surface area contributed by atoms with Crippen molar-refractivity contribution < 1.29 is 14.6 Å². The molecule has 16 heavy (non-hydrogen) atoms. The van der Waals surface area contributed by atoms with Crippen LogP contribution in [0.4, 0.5) is 0 Å². The number of esters is 1. The molecule has 1 aromatic carbocycles. The predicted molar refractivity (Wildman–Crippen MR) is 63.7 cm³/mol. The van der Waals surface area contributed by atoms with Gasteiger partial charge >= 0.3 is 5.97 Å². The van der Waals surface area contributed by atoms with Gasteiger partial charge in [0.15, 0.2) is 6.79 Å². The molecule has 2 aromatic rings. The van der Waals surface area contributed by atoms with Crippen molar-refractivity contribution in [1.82, 2.24) is 0 Å². The minimum Gasteiger partial charge on any atom is -0.435 e. The van der Waals surface area contributed by atoms with Gasteiger partial charge < -0.3 is 9.84 Å². The van der Waals surface area contributed by atoms with E-state index in [1.807, 2.05) is 6.07 Å². The van der Waals surface area contributed by atoms with Gasteiger partial charge in [0, 0.05) is 9.58 Å². The summed E-state index contributed by atoms with van der Waals surface area (Å²) in [5.74, 6) is -0.490. The summed E-state index contributed by atoms with van der Waals surface area (Å²) in [7, 11) is 0. The van der Waals surface area contributed by atoms with Gasteiger partial charge in [-0.1, -0.05) is 13.0 Å². The number of thiophene rings is 1. The fraction of sp³-hybridized carbons (Fsp3) is 0.250. The zero-order chi connectivity index (χ0) is 11.5. The molecule has 1 aromatic heterocycles. The molecular weight excluding hydrogens is 224 g/mol. The van der Waals surface area contributed by atoms with E-state index in [0.717, 1.165) is 16.5 Å². The van der Waals surface area contributed by atoms with E-state index in [1.165, 1.54) is 4.88 Å². The van der Waals surface area contributed by atoms with Crippen molar-refractivity contribution in [2.45, 2.75) is 13.3 Å². The van der Waals surface area contributed by atoms with E-state index in [4.69, 9.17) is 5.11 Å². The van der Waals surface area contributed by atoms with Crippen molar-refractivity contribution in [1.29, 1.82) is 0 Å². The Balaban J connectivity index is 2.39. The number of carbonyl (C=O) groups is 1. The SMILES string of the molecule is CCc1cc2ccc(C(=O)OCO)cc2s1. The maximum absolute atomic E-state index is 11.4. The summed E-state index contributed by atoms with van der Waals surface area (Å²) in [6.07, 6.45) is 0.996. The second-order valence-corrected chi connectivity index (χ2v) is 4.55. The second kappa shape index (κ2) is 4.63. The lowest BCUT2D eigenvalue weighted by molar-refractivity contribution is 0.00686. The normalized spacial score (nSPS) is 10.6. The summed E-state index contributed by atoms with van der Waals surface area (Å²) in [5, 5.41) is 9.65. The van der Waals surface area contributed by atoms with Crippen molar-refractivity contribution in [2.75, 3.05) is 6.79 Å². The zero-order valence-corrected chi connectivity index (χ0v) is 9.71. The maximum atomic E-state index is 11.4. The van der Waals surface area contributed by atoms with Gasteiger partial charge in [-0.3, -0.25) is 0 Å². The first-order valence-corrected chi connectivity index (χ1v) is 5.86. The van der Waals surface area contributed by atoms with E-state index in [0.29, 0.717) is 5.56 Å². The Kier molecular flexibility index (Phi) is 3.22. The van der Waals surface area contributed by atoms with Gasteiger partial charge in [-0.2, -0.15) is 0 Å². The average Bonchev–Trinajstić information content (AvgIpc) is 2.70. The van der Waals surface area contributed by atoms with Gasteiger partial charge in [-0.05, 0) is 30.0 Å². The summed E-state index contributed by atoms with van der Waals surface area (Å²) in [5.41, 5.74) is 0.478. The number of fused-ring (bicyclic) bond motifs is 1. The minimum absolute atomic E-state index is 0.478. The van der Waals surface area contributed by atoms with Crippen LogP contribution >= 0.6 is 11.3 Å². The lowest BCUT2D eigenvalue weighted by atomic mass is 10.2. The van der Waals surface area contributed by atoms with E-state index < -0.39 is 12.8 Å². The van der Waals surface area contributed by atoms with Crippen molar-refractivity contribution in [3.8, 4) is 0 Å². The van der Waals surface area contributed by atoms with E-state index in [9.17, 15) is 4.79 Å². The third kappa shape index (κ3) is 2.08. The van der Waals surface area contributed by atoms with Crippen LogP contribution in [0.1, 0.15) is 22.2 Å². The molecule has 0 spiro atoms. The van der Waals surface area contributed by atoms with Gasteiger partial charge in [-0.25, -0.2) is 4.79 Å². The third-order valence-electron chi connectivity index (χ3n) is 2.35. The van der Waals surface area contributed by atoms with Crippen molar-refractivity contribution in [3.63, 3.8) is 0 Å². The Morgan fingerprint density at radius 2 is 2.25 bits per heavy atom. The second-order valence-electron chi connectivity index (χ2n) is 3.38. The molecule has 0 radical (unpaired) electrons. The number of hydrogen-bond donors (Lipinski definition) is 1. The van der Waals surface area contributed by atoms with Crippen molar-refractivity contribution >= 4 is 27.4 Å². The lowest BCUT2D eigenvalue weighted by Gasteiger charge is -2.00. The molecule has 2 rings (SSSR count). The standard InChI is InChI=1S/C12H12O3S/c1-2-10-5-8-3-4-9(6-11(8)16-10)12(14)15-7-13/h3-6,13H,2,7H2,1H3. The highest BCUT2D eigenvalue weighted by atomic mass is 32.1. The van der Waals surface area contributed by atoms with E-state index >= 15 is 0 Å². The topological polar surface area (TPSA) is 46.5 Å². The molecule has 1 N–H and O–H groups in total. The largest absolute Gasteiger partial charge is 0.435 e. The first-order valence-electron chi connectivity index (χ1n) is 5.05. The summed E-state index contributed by atoms with van der Waals surface area (Å²) < 4.78 is 5.60. The molecule has 1 heterocycles. The highest BCUT2D eigenvalue weighted by Gasteiger charge is 2.08. The van der Waals surface area contributed by atoms with Gasteiger partial charge in [0.2, 0.25) is 0 Å². The van der Waals surface area contributed by atoms with Crippen LogP contribution in [0, 0.1) is 0 Å². The van der Waals surface area contributed by atoms with Crippen LogP contribution in [-0.2, 0) is 11.2 Å². The molecule has 3 nitrogen and oxygen atoms in total. The molecule has 0 saturated carbocycles. The first-order chi connectivity index (χ1) is 7.74. The molecule has 0 unspecified atom stereocenters. The molecule has 0 amide bonds.